The first-order valence-electron chi connectivity index (χ1n) is 7.77. The Balaban J connectivity index is 3.02. The lowest BCUT2D eigenvalue weighted by molar-refractivity contribution is -0.137. The van der Waals surface area contributed by atoms with Crippen LogP contribution in [-0.4, -0.2) is 17.5 Å². The van der Waals surface area contributed by atoms with E-state index >= 15 is 0 Å². The van der Waals surface area contributed by atoms with Gasteiger partial charge in [0.05, 0.1) is 5.56 Å². The van der Waals surface area contributed by atoms with Crippen molar-refractivity contribution in [3.63, 3.8) is 0 Å². The van der Waals surface area contributed by atoms with Gasteiger partial charge in [-0.3, -0.25) is 4.90 Å². The van der Waals surface area contributed by atoms with Crippen LogP contribution in [0.3, 0.4) is 0 Å². The lowest BCUT2D eigenvalue weighted by Crippen LogP contribution is -2.36. The first-order valence-corrected chi connectivity index (χ1v) is 7.77. The Morgan fingerprint density at radius 3 is 1.95 bits per heavy atom. The fourth-order valence-electron chi connectivity index (χ4n) is 2.73. The first-order chi connectivity index (χ1) is 9.85. The third kappa shape index (κ3) is 4.73. The van der Waals surface area contributed by atoms with Gasteiger partial charge in [-0.15, -0.1) is 0 Å². The number of alkyl halides is 3. The predicted molar refractivity (Wildman–Crippen MR) is 81.2 cm³/mol. The first kappa shape index (κ1) is 18.0. The summed E-state index contributed by atoms with van der Waals surface area (Å²) in [6, 6.07) is 6.25. The highest BCUT2D eigenvalue weighted by Gasteiger charge is 2.30. The summed E-state index contributed by atoms with van der Waals surface area (Å²) >= 11 is 0. The molecule has 0 bridgehead atoms. The van der Waals surface area contributed by atoms with Crippen LogP contribution in [-0.2, 0) is 6.18 Å². The molecule has 0 amide bonds. The van der Waals surface area contributed by atoms with Crippen LogP contribution in [0.15, 0.2) is 24.3 Å². The monoisotopic (exact) mass is 301 g/mol. The molecule has 0 radical (unpaired) electrons. The maximum absolute atomic E-state index is 12.7. The molecule has 0 aliphatic rings. The summed E-state index contributed by atoms with van der Waals surface area (Å²) in [5.41, 5.74) is 0.394. The van der Waals surface area contributed by atoms with Gasteiger partial charge < -0.3 is 0 Å². The largest absolute Gasteiger partial charge is 0.416 e. The van der Waals surface area contributed by atoms with Gasteiger partial charge in [0.2, 0.25) is 0 Å². The number of hydrogen-bond acceptors (Lipinski definition) is 1. The second-order valence-electron chi connectivity index (χ2n) is 5.54. The van der Waals surface area contributed by atoms with Crippen molar-refractivity contribution in [2.24, 2.45) is 0 Å². The normalized spacial score (nSPS) is 15.2. The Morgan fingerprint density at radius 1 is 1.00 bits per heavy atom. The molecule has 0 N–H and O–H groups in total. The molecule has 1 aromatic carbocycles. The molecule has 21 heavy (non-hydrogen) atoms. The fraction of sp³-hybridized carbons (Fsp3) is 0.647. The van der Waals surface area contributed by atoms with Crippen LogP contribution in [0.2, 0.25) is 0 Å². The van der Waals surface area contributed by atoms with E-state index < -0.39 is 11.7 Å². The second-order valence-corrected chi connectivity index (χ2v) is 5.54. The van der Waals surface area contributed by atoms with E-state index in [1.54, 1.807) is 12.1 Å². The summed E-state index contributed by atoms with van der Waals surface area (Å²) in [5.74, 6) is 0. The van der Waals surface area contributed by atoms with Gasteiger partial charge in [-0.1, -0.05) is 32.9 Å². The summed E-state index contributed by atoms with van der Waals surface area (Å²) < 4.78 is 38.0. The summed E-state index contributed by atoms with van der Waals surface area (Å²) in [6.07, 6.45) is -1.28. The average molecular weight is 301 g/mol. The lowest BCUT2D eigenvalue weighted by Gasteiger charge is -2.36. The average Bonchev–Trinajstić information content (AvgIpc) is 2.46. The molecule has 1 nitrogen and oxygen atoms in total. The number of hydrogen-bond donors (Lipinski definition) is 0. The van der Waals surface area contributed by atoms with Gasteiger partial charge >= 0.3 is 6.18 Å². The van der Waals surface area contributed by atoms with Crippen molar-refractivity contribution in [1.82, 2.24) is 4.90 Å². The Labute approximate surface area is 126 Å². The minimum absolute atomic E-state index is 0.183. The third-order valence-electron chi connectivity index (χ3n) is 4.05. The second kappa shape index (κ2) is 7.83. The van der Waals surface area contributed by atoms with Gasteiger partial charge in [0.15, 0.2) is 0 Å². The van der Waals surface area contributed by atoms with E-state index in [4.69, 9.17) is 0 Å². The van der Waals surface area contributed by atoms with Crippen molar-refractivity contribution >= 4 is 0 Å². The van der Waals surface area contributed by atoms with E-state index in [-0.39, 0.29) is 6.04 Å². The van der Waals surface area contributed by atoms with Crippen LogP contribution >= 0.6 is 0 Å². The third-order valence-corrected chi connectivity index (χ3v) is 4.05. The van der Waals surface area contributed by atoms with E-state index in [9.17, 15) is 13.2 Å². The highest BCUT2D eigenvalue weighted by Crippen LogP contribution is 2.32. The molecule has 120 valence electrons. The van der Waals surface area contributed by atoms with Crippen molar-refractivity contribution in [1.29, 1.82) is 0 Å². The molecule has 2 atom stereocenters. The molecular formula is C17H26F3N. The molecule has 0 aliphatic carbocycles. The molecule has 1 aromatic rings. The minimum Gasteiger partial charge on any atom is -0.294 e. The van der Waals surface area contributed by atoms with Crippen molar-refractivity contribution < 1.29 is 13.2 Å². The van der Waals surface area contributed by atoms with Crippen LogP contribution in [0.5, 0.6) is 0 Å². The molecule has 0 saturated heterocycles. The van der Waals surface area contributed by atoms with Gasteiger partial charge in [-0.05, 0) is 50.4 Å². The summed E-state index contributed by atoms with van der Waals surface area (Å²) in [4.78, 5) is 2.41. The molecule has 0 aromatic heterocycles. The number of halogens is 3. The molecule has 1 unspecified atom stereocenters. The highest BCUT2D eigenvalue weighted by atomic mass is 19.4. The quantitative estimate of drug-likeness (QED) is 0.627. The molecule has 0 heterocycles. The van der Waals surface area contributed by atoms with E-state index in [2.05, 4.69) is 32.6 Å². The Hall–Kier alpha value is -1.03. The molecule has 0 saturated carbocycles. The smallest absolute Gasteiger partial charge is 0.294 e. The fourth-order valence-corrected chi connectivity index (χ4v) is 2.73. The summed E-state index contributed by atoms with van der Waals surface area (Å²) in [6.45, 7) is 9.52. The number of benzene rings is 1. The van der Waals surface area contributed by atoms with Crippen LogP contribution < -0.4 is 0 Å². The zero-order chi connectivity index (χ0) is 16.0. The molecule has 1 rings (SSSR count). The van der Waals surface area contributed by atoms with Crippen molar-refractivity contribution in [3.05, 3.63) is 35.4 Å². The topological polar surface area (TPSA) is 3.24 Å². The number of nitrogens with zero attached hydrogens (tertiary/aromatic N) is 1. The van der Waals surface area contributed by atoms with Gasteiger partial charge in [-0.25, -0.2) is 0 Å². The highest BCUT2D eigenvalue weighted by molar-refractivity contribution is 5.27. The van der Waals surface area contributed by atoms with Gasteiger partial charge in [0, 0.05) is 12.1 Å². The number of rotatable bonds is 7. The molecule has 0 fully saturated rings. The van der Waals surface area contributed by atoms with Crippen LogP contribution in [0, 0.1) is 0 Å². The maximum Gasteiger partial charge on any atom is 0.416 e. The Morgan fingerprint density at radius 2 is 1.57 bits per heavy atom. The van der Waals surface area contributed by atoms with Crippen LogP contribution in [0.1, 0.15) is 64.1 Å². The predicted octanol–water partition coefficient (Wildman–Crippen LogP) is 5.67. The molecule has 0 spiro atoms. The van der Waals surface area contributed by atoms with E-state index in [0.29, 0.717) is 6.04 Å². The standard InChI is InChI=1S/C17H26F3N/c1-5-12-21(13(4)6-2)16(7-3)14-8-10-15(11-9-14)17(18,19)20/h8-11,13,16H,5-7,12H2,1-4H3/t13?,16-/m0/s1. The summed E-state index contributed by atoms with van der Waals surface area (Å²) in [5, 5.41) is 0. The van der Waals surface area contributed by atoms with Gasteiger partial charge in [0.1, 0.15) is 0 Å². The van der Waals surface area contributed by atoms with E-state index in [0.717, 1.165) is 31.4 Å². The Bertz CT molecular complexity index is 411. The lowest BCUT2D eigenvalue weighted by atomic mass is 9.98. The van der Waals surface area contributed by atoms with Crippen molar-refractivity contribution in [2.45, 2.75) is 65.2 Å². The van der Waals surface area contributed by atoms with E-state index in [1.807, 2.05) is 0 Å². The molecule has 0 aliphatic heterocycles. The molecular weight excluding hydrogens is 275 g/mol. The summed E-state index contributed by atoms with van der Waals surface area (Å²) in [7, 11) is 0. The van der Waals surface area contributed by atoms with Gasteiger partial charge in [0.25, 0.3) is 0 Å². The zero-order valence-corrected chi connectivity index (χ0v) is 13.4. The maximum atomic E-state index is 12.7. The zero-order valence-electron chi connectivity index (χ0n) is 13.4. The SMILES string of the molecule is CCCN(C(C)CC)[C@@H](CC)c1ccc(C(F)(F)F)cc1. The molecule has 4 heteroatoms. The van der Waals surface area contributed by atoms with Crippen molar-refractivity contribution in [3.8, 4) is 0 Å². The van der Waals surface area contributed by atoms with Crippen molar-refractivity contribution in [2.75, 3.05) is 6.54 Å². The van der Waals surface area contributed by atoms with Crippen LogP contribution in [0.25, 0.3) is 0 Å². The van der Waals surface area contributed by atoms with Crippen LogP contribution in [0.4, 0.5) is 13.2 Å². The van der Waals surface area contributed by atoms with Gasteiger partial charge in [-0.2, -0.15) is 13.2 Å². The Kier molecular flexibility index (Phi) is 6.72. The van der Waals surface area contributed by atoms with E-state index in [1.165, 1.54) is 12.1 Å². The minimum atomic E-state index is -4.26.